The van der Waals surface area contributed by atoms with E-state index in [0.29, 0.717) is 19.6 Å². The van der Waals surface area contributed by atoms with Crippen molar-refractivity contribution < 1.29 is 70.6 Å². The van der Waals surface area contributed by atoms with Gasteiger partial charge in [0.15, 0.2) is 0 Å². The van der Waals surface area contributed by atoms with Gasteiger partial charge in [0.25, 0.3) is 0 Å². The molecule has 0 aromatic heterocycles. The zero-order valence-corrected chi connectivity index (χ0v) is 25.2. The zero-order chi connectivity index (χ0) is 33.3. The minimum atomic E-state index is -5.87. The van der Waals surface area contributed by atoms with Gasteiger partial charge >= 0.3 is 37.3 Å². The van der Waals surface area contributed by atoms with Gasteiger partial charge in [0.1, 0.15) is 17.9 Å². The third-order valence-electron chi connectivity index (χ3n) is 5.05. The molecule has 0 radical (unpaired) electrons. The lowest BCUT2D eigenvalue weighted by Crippen LogP contribution is -2.41. The molecule has 1 heterocycles. The van der Waals surface area contributed by atoms with Gasteiger partial charge in [-0.1, -0.05) is 12.1 Å². The number of benzene rings is 1. The van der Waals surface area contributed by atoms with Gasteiger partial charge in [-0.25, -0.2) is 4.79 Å². The summed E-state index contributed by atoms with van der Waals surface area (Å²) < 4.78 is 129. The molecule has 0 aliphatic carbocycles. The average Bonchev–Trinajstić information content (AvgIpc) is 3.03. The maximum Gasteiger partial charge on any atom is 0.523 e. The predicted molar refractivity (Wildman–Crippen MR) is 137 cm³/mol. The summed E-state index contributed by atoms with van der Waals surface area (Å²) >= 11 is 0. The summed E-state index contributed by atoms with van der Waals surface area (Å²) in [4.78, 5) is 27.9. The Balaban J connectivity index is 0.000000444. The molecule has 2 amide bonds. The second-order valence-corrected chi connectivity index (χ2v) is 12.9. The highest BCUT2D eigenvalue weighted by Gasteiger charge is 2.48. The lowest BCUT2D eigenvalue weighted by molar-refractivity contribution is -0.131. The van der Waals surface area contributed by atoms with Crippen LogP contribution in [0.3, 0.4) is 0 Å². The standard InChI is InChI=1S/C18H26N2O4.C5H6F6O6S2/c1-18(2,3)24-17(22)20-11-5-10-19(16(21)13-20)12-14-6-8-15(23-4)9-7-14;6-4(7,8)18(12,13)16-2-1-3-17-19(14,15)5(9,10)11/h6-9H,5,10-13H2,1-4H3;1-3H2. The maximum absolute atomic E-state index is 12.5. The summed E-state index contributed by atoms with van der Waals surface area (Å²) in [6, 6.07) is 7.65. The molecule has 12 nitrogen and oxygen atoms in total. The lowest BCUT2D eigenvalue weighted by Gasteiger charge is -2.26. The van der Waals surface area contributed by atoms with Crippen molar-refractivity contribution in [3.63, 3.8) is 0 Å². The van der Waals surface area contributed by atoms with E-state index < -0.39 is 62.6 Å². The molecule has 1 aromatic rings. The van der Waals surface area contributed by atoms with Crippen molar-refractivity contribution in [2.45, 2.75) is 56.8 Å². The highest BCUT2D eigenvalue weighted by atomic mass is 32.2. The summed E-state index contributed by atoms with van der Waals surface area (Å²) in [7, 11) is -10.1. The van der Waals surface area contributed by atoms with Crippen LogP contribution in [0.1, 0.15) is 39.2 Å². The Labute approximate surface area is 245 Å². The van der Waals surface area contributed by atoms with Gasteiger partial charge < -0.3 is 14.4 Å². The molecule has 1 saturated heterocycles. The molecule has 248 valence electrons. The molecule has 0 unspecified atom stereocenters. The van der Waals surface area contributed by atoms with E-state index in [1.807, 2.05) is 45.0 Å². The smallest absolute Gasteiger partial charge is 0.497 e. The average molecular weight is 675 g/mol. The third kappa shape index (κ3) is 13.1. The Morgan fingerprint density at radius 2 is 1.35 bits per heavy atom. The molecule has 0 bridgehead atoms. The molecule has 1 aliphatic rings. The number of alkyl halides is 6. The molecule has 0 N–H and O–H groups in total. The fraction of sp³-hybridized carbons (Fsp3) is 0.652. The first kappa shape index (κ1) is 38.2. The summed E-state index contributed by atoms with van der Waals surface area (Å²) in [6.07, 6.45) is -0.506. The van der Waals surface area contributed by atoms with Crippen LogP contribution in [0.25, 0.3) is 0 Å². The van der Waals surface area contributed by atoms with E-state index in [1.54, 1.807) is 12.0 Å². The number of carbonyl (C=O) groups excluding carboxylic acids is 2. The van der Waals surface area contributed by atoms with Crippen LogP contribution in [-0.2, 0) is 44.7 Å². The highest BCUT2D eigenvalue weighted by molar-refractivity contribution is 7.87. The molecule has 20 heteroatoms. The number of rotatable bonds is 9. The zero-order valence-electron chi connectivity index (χ0n) is 23.5. The number of nitrogens with zero attached hydrogens (tertiary/aromatic N) is 2. The van der Waals surface area contributed by atoms with Crippen molar-refractivity contribution in [2.24, 2.45) is 0 Å². The Morgan fingerprint density at radius 3 is 1.77 bits per heavy atom. The van der Waals surface area contributed by atoms with Crippen LogP contribution in [0.4, 0.5) is 31.1 Å². The van der Waals surface area contributed by atoms with Crippen LogP contribution in [0.2, 0.25) is 0 Å². The van der Waals surface area contributed by atoms with E-state index in [-0.39, 0.29) is 12.5 Å². The van der Waals surface area contributed by atoms with Crippen LogP contribution in [0, 0.1) is 0 Å². The molecule has 43 heavy (non-hydrogen) atoms. The third-order valence-corrected chi connectivity index (χ3v) is 7.14. The monoisotopic (exact) mass is 674 g/mol. The van der Waals surface area contributed by atoms with E-state index in [1.165, 1.54) is 4.90 Å². The van der Waals surface area contributed by atoms with Crippen LogP contribution in [0.5, 0.6) is 5.75 Å². The molecule has 0 spiro atoms. The fourth-order valence-electron chi connectivity index (χ4n) is 3.05. The van der Waals surface area contributed by atoms with E-state index in [4.69, 9.17) is 9.47 Å². The normalized spacial score (nSPS) is 15.3. The Kier molecular flexibility index (Phi) is 13.5. The van der Waals surface area contributed by atoms with Crippen molar-refractivity contribution in [3.05, 3.63) is 29.8 Å². The minimum Gasteiger partial charge on any atom is -0.497 e. The number of amides is 2. The number of halogens is 6. The van der Waals surface area contributed by atoms with Gasteiger partial charge in [-0.2, -0.15) is 43.2 Å². The van der Waals surface area contributed by atoms with Gasteiger partial charge in [0, 0.05) is 19.6 Å². The maximum atomic E-state index is 12.5. The van der Waals surface area contributed by atoms with E-state index in [0.717, 1.165) is 17.7 Å². The summed E-state index contributed by atoms with van der Waals surface area (Å²) in [5, 5.41) is 0. The van der Waals surface area contributed by atoms with Crippen LogP contribution >= 0.6 is 0 Å². The predicted octanol–water partition coefficient (Wildman–Crippen LogP) is 3.77. The number of hydrogen-bond acceptors (Lipinski definition) is 10. The van der Waals surface area contributed by atoms with Gasteiger partial charge in [-0.05, 0) is 51.3 Å². The first-order valence-electron chi connectivity index (χ1n) is 12.3. The van der Waals surface area contributed by atoms with E-state index >= 15 is 0 Å². The minimum absolute atomic E-state index is 0.0606. The van der Waals surface area contributed by atoms with Crippen LogP contribution < -0.4 is 4.74 Å². The van der Waals surface area contributed by atoms with E-state index in [9.17, 15) is 52.8 Å². The largest absolute Gasteiger partial charge is 0.523 e. The second-order valence-electron chi connectivity index (χ2n) is 9.72. The summed E-state index contributed by atoms with van der Waals surface area (Å²) in [6.45, 7) is 4.84. The Hall–Kier alpha value is -2.84. The Bertz CT molecular complexity index is 1230. The molecule has 1 aromatic carbocycles. The van der Waals surface area contributed by atoms with Crippen molar-refractivity contribution in [2.75, 3.05) is 40.0 Å². The summed E-state index contributed by atoms with van der Waals surface area (Å²) in [5.41, 5.74) is -10.9. The first-order chi connectivity index (χ1) is 19.5. The molecular weight excluding hydrogens is 642 g/mol. The number of hydrogen-bond donors (Lipinski definition) is 0. The SMILES string of the molecule is COc1ccc(CN2CCCN(C(=O)OC(C)(C)C)CC2=O)cc1.O=S(=O)(OCCCOS(=O)(=O)C(F)(F)F)C(F)(F)F. The molecular formula is C23H32F6N2O10S2. The molecule has 0 atom stereocenters. The lowest BCUT2D eigenvalue weighted by atomic mass is 10.2. The molecule has 0 saturated carbocycles. The second kappa shape index (κ2) is 15.2. The van der Waals surface area contributed by atoms with Gasteiger partial charge in [0.2, 0.25) is 5.91 Å². The van der Waals surface area contributed by atoms with Gasteiger partial charge in [-0.3, -0.25) is 18.1 Å². The first-order valence-corrected chi connectivity index (χ1v) is 15.1. The number of methoxy groups -OCH3 is 1. The molecule has 1 aliphatic heterocycles. The highest BCUT2D eigenvalue weighted by Crippen LogP contribution is 2.26. The van der Waals surface area contributed by atoms with Crippen molar-refractivity contribution in [1.29, 1.82) is 0 Å². The van der Waals surface area contributed by atoms with Crippen LogP contribution in [-0.4, -0.2) is 95.2 Å². The summed E-state index contributed by atoms with van der Waals surface area (Å²) in [5.74, 6) is 0.728. The van der Waals surface area contributed by atoms with Gasteiger partial charge in [0.05, 0.1) is 20.3 Å². The van der Waals surface area contributed by atoms with E-state index in [2.05, 4.69) is 8.37 Å². The quantitative estimate of drug-likeness (QED) is 0.164. The fourth-order valence-corrected chi connectivity index (χ4v) is 3.99. The molecule has 2 rings (SSSR count). The number of carbonyl (C=O) groups is 2. The van der Waals surface area contributed by atoms with Crippen molar-refractivity contribution >= 4 is 32.2 Å². The number of ether oxygens (including phenoxy) is 2. The molecule has 1 fully saturated rings. The van der Waals surface area contributed by atoms with Crippen LogP contribution in [0.15, 0.2) is 24.3 Å². The topological polar surface area (TPSA) is 146 Å². The van der Waals surface area contributed by atoms with Gasteiger partial charge in [-0.15, -0.1) is 0 Å². The van der Waals surface area contributed by atoms with Crippen molar-refractivity contribution in [1.82, 2.24) is 9.80 Å². The van der Waals surface area contributed by atoms with Crippen molar-refractivity contribution in [3.8, 4) is 5.75 Å². The Morgan fingerprint density at radius 1 is 0.860 bits per heavy atom.